The van der Waals surface area contributed by atoms with E-state index < -0.39 is 0 Å². The van der Waals surface area contributed by atoms with Gasteiger partial charge in [-0.05, 0) is 12.1 Å². The van der Waals surface area contributed by atoms with Gasteiger partial charge in [-0.15, -0.1) is 19.0 Å². The van der Waals surface area contributed by atoms with Crippen LogP contribution in [0.2, 0.25) is 0 Å². The second kappa shape index (κ2) is 12.4. The van der Waals surface area contributed by atoms with E-state index in [-0.39, 0.29) is 18.2 Å². The van der Waals surface area contributed by atoms with Gasteiger partial charge in [0, 0.05) is 18.3 Å². The molecule has 0 atom stereocenters. The summed E-state index contributed by atoms with van der Waals surface area (Å²) in [6, 6.07) is 7.12. The van der Waals surface area contributed by atoms with Gasteiger partial charge in [-0.2, -0.15) is 7.05 Å². The molecule has 89 valence electrons. The van der Waals surface area contributed by atoms with Gasteiger partial charge in [0.25, 0.3) is 0 Å². The molecule has 0 aliphatic heterocycles. The number of phenols is 1. The van der Waals surface area contributed by atoms with Crippen molar-refractivity contribution in [1.82, 2.24) is 0 Å². The molecule has 6 heteroatoms. The molecule has 0 unspecified atom stereocenters. The summed E-state index contributed by atoms with van der Waals surface area (Å²) in [6.07, 6.45) is 1.67. The van der Waals surface area contributed by atoms with Crippen molar-refractivity contribution in [2.75, 3.05) is 20.1 Å². The van der Waals surface area contributed by atoms with Gasteiger partial charge in [-0.25, -0.2) is 0 Å². The molecule has 0 heterocycles. The van der Waals surface area contributed by atoms with Crippen LogP contribution in [0.15, 0.2) is 29.3 Å². The first kappa shape index (κ1) is 17.7. The van der Waals surface area contributed by atoms with Crippen LogP contribution in [-0.2, 0) is 21.0 Å². The topological polar surface area (TPSA) is 63.8 Å². The van der Waals surface area contributed by atoms with Crippen molar-refractivity contribution < 1.29 is 26.1 Å². The zero-order chi connectivity index (χ0) is 11.5. The average molecular weight is 281 g/mol. The molecular weight excluding hydrogens is 267 g/mol. The molecule has 0 aliphatic rings. The van der Waals surface area contributed by atoms with E-state index in [2.05, 4.69) is 10.3 Å². The van der Waals surface area contributed by atoms with Crippen LogP contribution in [0, 0.1) is 0 Å². The molecule has 0 saturated carbocycles. The zero-order valence-electron chi connectivity index (χ0n) is 8.91. The molecular formula is C10H14ClN2O2V-. The third-order valence-electron chi connectivity index (χ3n) is 1.62. The number of aliphatic imine (C=N–C) groups is 1. The van der Waals surface area contributed by atoms with Crippen molar-refractivity contribution in [3.05, 3.63) is 35.1 Å². The number of aromatic hydroxyl groups is 1. The SMILES string of the molecule is C[N-]CCN=Cc1ccccc1O.Cl.[O]=[V]. The van der Waals surface area contributed by atoms with E-state index in [1.165, 1.54) is 0 Å². The fraction of sp³-hybridized carbons (Fsp3) is 0.300. The van der Waals surface area contributed by atoms with Crippen molar-refractivity contribution in [3.63, 3.8) is 0 Å². The number of para-hydroxylation sites is 1. The van der Waals surface area contributed by atoms with E-state index in [1.54, 1.807) is 25.4 Å². The normalized spacial score (nSPS) is 9.00. The molecule has 0 bridgehead atoms. The van der Waals surface area contributed by atoms with Gasteiger partial charge in [0.05, 0.1) is 0 Å². The molecule has 4 nitrogen and oxygen atoms in total. The summed E-state index contributed by atoms with van der Waals surface area (Å²) in [5, 5.41) is 13.3. The van der Waals surface area contributed by atoms with Crippen LogP contribution in [0.5, 0.6) is 5.75 Å². The molecule has 0 fully saturated rings. The Labute approximate surface area is 111 Å². The van der Waals surface area contributed by atoms with Gasteiger partial charge in [0.15, 0.2) is 0 Å². The third-order valence-corrected chi connectivity index (χ3v) is 1.62. The standard InChI is InChI=1S/C10H13N2O.ClH.O.V/c1-11-6-7-12-8-9-4-2-3-5-10(9)13;;;/h2-5,8,13H,6-7H2,1H3;1H;;/q-1;;;. The summed E-state index contributed by atoms with van der Waals surface area (Å²) >= 11 is 1.06. The van der Waals surface area contributed by atoms with Crippen molar-refractivity contribution in [2.45, 2.75) is 0 Å². The third kappa shape index (κ3) is 7.59. The maximum absolute atomic E-state index is 9.35. The molecule has 0 aliphatic carbocycles. The van der Waals surface area contributed by atoms with Crippen molar-refractivity contribution >= 4 is 18.6 Å². The minimum atomic E-state index is 0. The van der Waals surface area contributed by atoms with Crippen LogP contribution >= 0.6 is 12.4 Å². The number of halogens is 1. The van der Waals surface area contributed by atoms with E-state index in [1.807, 2.05) is 12.1 Å². The Balaban J connectivity index is 0. The first-order chi connectivity index (χ1) is 7.34. The minimum absolute atomic E-state index is 0. The summed E-state index contributed by atoms with van der Waals surface area (Å²) in [5.74, 6) is 0.264. The monoisotopic (exact) mass is 280 g/mol. The Morgan fingerprint density at radius 2 is 2.06 bits per heavy atom. The number of phenolic OH excluding ortho intramolecular Hbond substituents is 1. The van der Waals surface area contributed by atoms with Crippen molar-refractivity contribution in [2.24, 2.45) is 4.99 Å². The molecule has 16 heavy (non-hydrogen) atoms. The molecule has 1 aromatic carbocycles. The fourth-order valence-electron chi connectivity index (χ4n) is 0.917. The maximum atomic E-state index is 9.35. The van der Waals surface area contributed by atoms with Gasteiger partial charge in [-0.3, -0.25) is 4.99 Å². The first-order valence-electron chi connectivity index (χ1n) is 4.36. The van der Waals surface area contributed by atoms with E-state index in [9.17, 15) is 5.11 Å². The summed E-state index contributed by atoms with van der Waals surface area (Å²) < 4.78 is 8.19. The Bertz CT molecular complexity index is 311. The first-order valence-corrected chi connectivity index (χ1v) is 4.93. The quantitative estimate of drug-likeness (QED) is 0.678. The van der Waals surface area contributed by atoms with E-state index in [0.717, 1.165) is 29.5 Å². The molecule has 1 rings (SSSR count). The summed E-state index contributed by atoms with van der Waals surface area (Å²) in [5.41, 5.74) is 0.749. The Kier molecular flexibility index (Phi) is 13.7. The van der Waals surface area contributed by atoms with Gasteiger partial charge < -0.3 is 10.4 Å². The molecule has 0 aromatic heterocycles. The number of nitrogens with zero attached hydrogens (tertiary/aromatic N) is 2. The Morgan fingerprint density at radius 3 is 2.62 bits per heavy atom. The van der Waals surface area contributed by atoms with Crippen molar-refractivity contribution in [3.8, 4) is 5.75 Å². The van der Waals surface area contributed by atoms with E-state index >= 15 is 0 Å². The molecule has 1 aromatic rings. The van der Waals surface area contributed by atoms with Crippen LogP contribution in [-0.4, -0.2) is 31.5 Å². The number of hydrogen-bond donors (Lipinski definition) is 1. The van der Waals surface area contributed by atoms with E-state index in [4.69, 9.17) is 3.67 Å². The van der Waals surface area contributed by atoms with Gasteiger partial charge in [0.2, 0.25) is 0 Å². The molecule has 0 saturated heterocycles. The molecule has 0 spiro atoms. The summed E-state index contributed by atoms with van der Waals surface area (Å²) in [6.45, 7) is 1.40. The Hall–Kier alpha value is -0.676. The average Bonchev–Trinajstić information content (AvgIpc) is 2.29. The van der Waals surface area contributed by atoms with Crippen LogP contribution in [0.3, 0.4) is 0 Å². The van der Waals surface area contributed by atoms with E-state index in [0.29, 0.717) is 6.54 Å². The van der Waals surface area contributed by atoms with Gasteiger partial charge >= 0.3 is 21.0 Å². The fourth-order valence-corrected chi connectivity index (χ4v) is 0.917. The van der Waals surface area contributed by atoms with Crippen LogP contribution in [0.25, 0.3) is 5.32 Å². The van der Waals surface area contributed by atoms with Gasteiger partial charge in [-0.1, -0.05) is 12.1 Å². The van der Waals surface area contributed by atoms with Crippen LogP contribution in [0.1, 0.15) is 5.56 Å². The Morgan fingerprint density at radius 1 is 1.44 bits per heavy atom. The zero-order valence-corrected chi connectivity index (χ0v) is 11.1. The molecule has 0 amide bonds. The molecule has 0 radical (unpaired) electrons. The predicted molar refractivity (Wildman–Crippen MR) is 62.7 cm³/mol. The second-order valence-electron chi connectivity index (χ2n) is 2.63. The van der Waals surface area contributed by atoms with Crippen LogP contribution < -0.4 is 0 Å². The second-order valence-corrected chi connectivity index (χ2v) is 2.63. The number of likely N-dealkylation sites (N-methyl/N-ethyl adjacent to an activating group) is 1. The number of benzene rings is 1. The molecule has 1 N–H and O–H groups in total. The van der Waals surface area contributed by atoms with Crippen molar-refractivity contribution in [1.29, 1.82) is 0 Å². The number of hydrogen-bond acceptors (Lipinski definition) is 3. The van der Waals surface area contributed by atoms with Crippen LogP contribution in [0.4, 0.5) is 0 Å². The summed E-state index contributed by atoms with van der Waals surface area (Å²) in [4.78, 5) is 4.11. The van der Waals surface area contributed by atoms with Gasteiger partial charge in [0.1, 0.15) is 5.75 Å². The number of rotatable bonds is 4. The predicted octanol–water partition coefficient (Wildman–Crippen LogP) is 2.12. The summed E-state index contributed by atoms with van der Waals surface area (Å²) in [7, 11) is 1.76.